The number of aromatic nitrogens is 3. The predicted molar refractivity (Wildman–Crippen MR) is 110 cm³/mol. The van der Waals surface area contributed by atoms with Gasteiger partial charge in [0, 0.05) is 4.47 Å². The molecule has 0 spiro atoms. The van der Waals surface area contributed by atoms with Crippen LogP contribution >= 0.6 is 15.9 Å². The zero-order valence-corrected chi connectivity index (χ0v) is 17.0. The molecule has 8 nitrogen and oxygen atoms in total. The first kappa shape index (κ1) is 21.4. The summed E-state index contributed by atoms with van der Waals surface area (Å²) in [6.45, 7) is 8.14. The third kappa shape index (κ3) is 4.66. The van der Waals surface area contributed by atoms with Crippen LogP contribution in [0.4, 0.5) is 0 Å². The van der Waals surface area contributed by atoms with Crippen LogP contribution in [-0.2, 0) is 24.4 Å². The fourth-order valence-corrected chi connectivity index (χ4v) is 2.92. The smallest absolute Gasteiger partial charge is 0.337 e. The summed E-state index contributed by atoms with van der Waals surface area (Å²) < 4.78 is 3.35. The Hall–Kier alpha value is -2.94. The van der Waals surface area contributed by atoms with E-state index in [2.05, 4.69) is 34.4 Å². The molecule has 148 valence electrons. The van der Waals surface area contributed by atoms with E-state index < -0.39 is 29.5 Å². The number of benzene rings is 1. The highest BCUT2D eigenvalue weighted by Gasteiger charge is 2.17. The van der Waals surface area contributed by atoms with Crippen molar-refractivity contribution in [1.82, 2.24) is 19.0 Å². The Morgan fingerprint density at radius 3 is 1.93 bits per heavy atom. The number of allylic oxidation sites excluding steroid dienone is 2. The molecular weight excluding hydrogens is 428 g/mol. The Kier molecular flexibility index (Phi) is 7.11. The van der Waals surface area contributed by atoms with Crippen LogP contribution in [0.25, 0.3) is 0 Å². The molecule has 1 heterocycles. The topological polar surface area (TPSA) is 95.1 Å². The standard InChI is InChI=1S/C19H21BrN4O4/c1-4-10-22-17(26)23(11-5-2)19(28)24(18(22)27)12-16(25)21-13(3)14-6-8-15(20)9-7-14/h4-9,13H,1-2,10-12H2,3H3,(H,21,25). The van der Waals surface area contributed by atoms with Crippen LogP contribution in [0.1, 0.15) is 18.5 Å². The first-order valence-corrected chi connectivity index (χ1v) is 9.30. The van der Waals surface area contributed by atoms with Gasteiger partial charge in [-0.25, -0.2) is 28.1 Å². The van der Waals surface area contributed by atoms with E-state index in [1.807, 2.05) is 24.3 Å². The molecule has 2 rings (SSSR count). The fraction of sp³-hybridized carbons (Fsp3) is 0.263. The Balaban J connectivity index is 2.35. The number of hydrogen-bond donors (Lipinski definition) is 1. The van der Waals surface area contributed by atoms with Crippen LogP contribution in [0.2, 0.25) is 0 Å². The Morgan fingerprint density at radius 1 is 1.00 bits per heavy atom. The minimum absolute atomic E-state index is 0.0774. The number of rotatable bonds is 8. The fourth-order valence-electron chi connectivity index (χ4n) is 2.65. The second-order valence-electron chi connectivity index (χ2n) is 6.07. The van der Waals surface area contributed by atoms with Gasteiger partial charge in [-0.05, 0) is 24.6 Å². The molecule has 0 saturated carbocycles. The zero-order chi connectivity index (χ0) is 20.8. The van der Waals surface area contributed by atoms with Gasteiger partial charge in [-0.3, -0.25) is 4.79 Å². The van der Waals surface area contributed by atoms with Crippen molar-refractivity contribution in [3.63, 3.8) is 0 Å². The highest BCUT2D eigenvalue weighted by molar-refractivity contribution is 9.10. The number of nitrogens with one attached hydrogen (secondary N) is 1. The van der Waals surface area contributed by atoms with E-state index in [4.69, 9.17) is 0 Å². The summed E-state index contributed by atoms with van der Waals surface area (Å²) in [7, 11) is 0. The van der Waals surface area contributed by atoms with Crippen molar-refractivity contribution in [3.05, 3.63) is 91.1 Å². The summed E-state index contributed by atoms with van der Waals surface area (Å²) in [5, 5.41) is 2.75. The highest BCUT2D eigenvalue weighted by Crippen LogP contribution is 2.16. The number of nitrogens with zero attached hydrogens (tertiary/aromatic N) is 3. The average Bonchev–Trinajstić information content (AvgIpc) is 2.66. The van der Waals surface area contributed by atoms with Crippen LogP contribution < -0.4 is 22.4 Å². The monoisotopic (exact) mass is 448 g/mol. The number of halogens is 1. The van der Waals surface area contributed by atoms with Crippen LogP contribution in [0.15, 0.2) is 68.4 Å². The van der Waals surface area contributed by atoms with Crippen LogP contribution in [0, 0.1) is 0 Å². The second-order valence-corrected chi connectivity index (χ2v) is 6.99. The lowest BCUT2D eigenvalue weighted by Crippen LogP contribution is -2.55. The average molecular weight is 449 g/mol. The van der Waals surface area contributed by atoms with E-state index in [-0.39, 0.29) is 19.1 Å². The van der Waals surface area contributed by atoms with Gasteiger partial charge in [0.05, 0.1) is 19.1 Å². The lowest BCUT2D eigenvalue weighted by Gasteiger charge is -2.16. The maximum absolute atomic E-state index is 12.5. The lowest BCUT2D eigenvalue weighted by molar-refractivity contribution is -0.122. The quantitative estimate of drug-likeness (QED) is 0.613. The lowest BCUT2D eigenvalue weighted by atomic mass is 10.1. The van der Waals surface area contributed by atoms with Crippen molar-refractivity contribution >= 4 is 21.8 Å². The Morgan fingerprint density at radius 2 is 1.46 bits per heavy atom. The van der Waals surface area contributed by atoms with Crippen molar-refractivity contribution in [2.24, 2.45) is 0 Å². The summed E-state index contributed by atoms with van der Waals surface area (Å²) in [5.74, 6) is -0.524. The van der Waals surface area contributed by atoms with Gasteiger partial charge in [0.15, 0.2) is 0 Å². The molecule has 0 aliphatic rings. The molecule has 0 bridgehead atoms. The molecule has 1 unspecified atom stereocenters. The molecular formula is C19H21BrN4O4. The van der Waals surface area contributed by atoms with Crippen molar-refractivity contribution in [1.29, 1.82) is 0 Å². The normalized spacial score (nSPS) is 11.6. The molecule has 9 heteroatoms. The van der Waals surface area contributed by atoms with Crippen molar-refractivity contribution in [3.8, 4) is 0 Å². The number of carbonyl (C=O) groups excluding carboxylic acids is 1. The van der Waals surface area contributed by atoms with Gasteiger partial charge in [-0.1, -0.05) is 40.2 Å². The molecule has 0 aliphatic carbocycles. The molecule has 0 radical (unpaired) electrons. The predicted octanol–water partition coefficient (Wildman–Crippen LogP) is 1.18. The summed E-state index contributed by atoms with van der Waals surface area (Å²) >= 11 is 3.35. The molecule has 2 aromatic rings. The Labute approximate surface area is 169 Å². The molecule has 0 fully saturated rings. The van der Waals surface area contributed by atoms with E-state index in [9.17, 15) is 19.2 Å². The van der Waals surface area contributed by atoms with Crippen molar-refractivity contribution in [2.45, 2.75) is 32.6 Å². The van der Waals surface area contributed by atoms with E-state index in [0.717, 1.165) is 23.7 Å². The van der Waals surface area contributed by atoms with Gasteiger partial charge in [-0.15, -0.1) is 13.2 Å². The van der Waals surface area contributed by atoms with Gasteiger partial charge in [0.25, 0.3) is 0 Å². The van der Waals surface area contributed by atoms with Crippen LogP contribution in [0.3, 0.4) is 0 Å². The summed E-state index contributed by atoms with van der Waals surface area (Å²) in [4.78, 5) is 49.8. The molecule has 1 atom stereocenters. The summed E-state index contributed by atoms with van der Waals surface area (Å²) in [6.07, 6.45) is 2.73. The van der Waals surface area contributed by atoms with E-state index in [0.29, 0.717) is 0 Å². The van der Waals surface area contributed by atoms with Gasteiger partial charge < -0.3 is 5.32 Å². The van der Waals surface area contributed by atoms with Crippen molar-refractivity contribution < 1.29 is 4.79 Å². The number of carbonyl (C=O) groups is 1. The van der Waals surface area contributed by atoms with E-state index in [1.165, 1.54) is 12.2 Å². The molecule has 1 amide bonds. The Bertz CT molecular complexity index is 1020. The molecule has 1 N–H and O–H groups in total. The molecule has 1 aromatic carbocycles. The minimum atomic E-state index is -0.860. The molecule has 1 aromatic heterocycles. The third-order valence-corrected chi connectivity index (χ3v) is 4.59. The molecule has 0 aliphatic heterocycles. The first-order chi connectivity index (χ1) is 13.3. The third-order valence-electron chi connectivity index (χ3n) is 4.06. The van der Waals surface area contributed by atoms with Crippen molar-refractivity contribution in [2.75, 3.05) is 0 Å². The molecule has 0 saturated heterocycles. The summed E-state index contributed by atoms with van der Waals surface area (Å²) in [5.41, 5.74) is -1.62. The van der Waals surface area contributed by atoms with Gasteiger partial charge in [0.2, 0.25) is 5.91 Å². The van der Waals surface area contributed by atoms with Gasteiger partial charge in [-0.2, -0.15) is 0 Å². The first-order valence-electron chi connectivity index (χ1n) is 8.51. The second kappa shape index (κ2) is 9.32. The van der Waals surface area contributed by atoms with E-state index in [1.54, 1.807) is 6.92 Å². The maximum Gasteiger partial charge on any atom is 0.337 e. The van der Waals surface area contributed by atoms with Crippen LogP contribution in [0.5, 0.6) is 0 Å². The largest absolute Gasteiger partial charge is 0.348 e. The SMILES string of the molecule is C=CCn1c(=O)n(CC=C)c(=O)n(CC(=O)NC(C)c2ccc(Br)cc2)c1=O. The minimum Gasteiger partial charge on any atom is -0.348 e. The zero-order valence-electron chi connectivity index (χ0n) is 15.4. The number of amides is 1. The van der Waals surface area contributed by atoms with Gasteiger partial charge in [0.1, 0.15) is 6.54 Å². The number of hydrogen-bond acceptors (Lipinski definition) is 4. The maximum atomic E-state index is 12.5. The molecule has 28 heavy (non-hydrogen) atoms. The van der Waals surface area contributed by atoms with Crippen LogP contribution in [-0.4, -0.2) is 19.6 Å². The summed E-state index contributed by atoms with van der Waals surface area (Å²) in [6, 6.07) is 7.07. The highest BCUT2D eigenvalue weighted by atomic mass is 79.9. The van der Waals surface area contributed by atoms with E-state index >= 15 is 0 Å². The van der Waals surface area contributed by atoms with Gasteiger partial charge >= 0.3 is 17.1 Å².